The van der Waals surface area contributed by atoms with E-state index in [2.05, 4.69) is 9.97 Å². The second kappa shape index (κ2) is 7.19. The number of ether oxygens (including phenoxy) is 1. The molecule has 6 nitrogen and oxygen atoms in total. The molecule has 0 bridgehead atoms. The number of likely N-dealkylation sites (tertiary alicyclic amines) is 1. The molecule has 1 amide bonds. The summed E-state index contributed by atoms with van der Waals surface area (Å²) in [5.74, 6) is -1.13. The van der Waals surface area contributed by atoms with E-state index in [9.17, 15) is 13.6 Å². The molecule has 138 valence electrons. The Morgan fingerprint density at radius 2 is 2.04 bits per heavy atom. The molecular weight excluding hydrogens is 330 g/mol. The highest BCUT2D eigenvalue weighted by Crippen LogP contribution is 2.28. The minimum absolute atomic E-state index is 0.0801. The number of aromatic nitrogens is 2. The van der Waals surface area contributed by atoms with Gasteiger partial charge in [-0.05, 0) is 6.07 Å². The summed E-state index contributed by atoms with van der Waals surface area (Å²) in [6.45, 7) is 5.62. The predicted molar refractivity (Wildman–Crippen MR) is 88.8 cm³/mol. The van der Waals surface area contributed by atoms with E-state index in [1.54, 1.807) is 6.20 Å². The van der Waals surface area contributed by atoms with E-state index in [-0.39, 0.29) is 37.8 Å². The molecule has 0 N–H and O–H groups in total. The Morgan fingerprint density at radius 3 is 2.72 bits per heavy atom. The summed E-state index contributed by atoms with van der Waals surface area (Å²) in [6.07, 6.45) is 0.520. The van der Waals surface area contributed by atoms with Crippen LogP contribution in [0.1, 0.15) is 38.4 Å². The van der Waals surface area contributed by atoms with Crippen molar-refractivity contribution >= 4 is 11.7 Å². The van der Waals surface area contributed by atoms with Gasteiger partial charge in [0.05, 0.1) is 13.2 Å². The first kappa shape index (κ1) is 18.0. The third-order valence-corrected chi connectivity index (χ3v) is 4.65. The van der Waals surface area contributed by atoms with Crippen LogP contribution in [0.4, 0.5) is 14.6 Å². The van der Waals surface area contributed by atoms with E-state index in [0.29, 0.717) is 19.7 Å². The van der Waals surface area contributed by atoms with Gasteiger partial charge in [0.2, 0.25) is 0 Å². The van der Waals surface area contributed by atoms with Crippen LogP contribution in [0.3, 0.4) is 0 Å². The number of hydrogen-bond donors (Lipinski definition) is 0. The van der Waals surface area contributed by atoms with E-state index in [0.717, 1.165) is 11.6 Å². The van der Waals surface area contributed by atoms with E-state index in [1.165, 1.54) is 4.90 Å². The van der Waals surface area contributed by atoms with E-state index < -0.39 is 12.0 Å². The van der Waals surface area contributed by atoms with Crippen molar-refractivity contribution in [3.63, 3.8) is 0 Å². The molecule has 3 heterocycles. The SMILES string of the molecule is CC(C)c1nccc(N2CCOC(C(=O)N3CCC(F)(F)CC3)C2)n1. The Morgan fingerprint density at radius 1 is 1.32 bits per heavy atom. The standard InChI is InChI=1S/C17H24F2N4O2/c1-12(2)15-20-6-3-14(21-15)23-9-10-25-13(11-23)16(24)22-7-4-17(18,19)5-8-22/h3,6,12-13H,4-5,7-11H2,1-2H3. The molecule has 0 aromatic carbocycles. The van der Waals surface area contributed by atoms with Crippen molar-refractivity contribution < 1.29 is 18.3 Å². The smallest absolute Gasteiger partial charge is 0.253 e. The fourth-order valence-electron chi connectivity index (χ4n) is 3.08. The highest BCUT2D eigenvalue weighted by Gasteiger charge is 2.38. The van der Waals surface area contributed by atoms with Gasteiger partial charge in [-0.3, -0.25) is 4.79 Å². The highest BCUT2D eigenvalue weighted by molar-refractivity contribution is 5.82. The molecule has 25 heavy (non-hydrogen) atoms. The summed E-state index contributed by atoms with van der Waals surface area (Å²) in [4.78, 5) is 24.9. The number of rotatable bonds is 3. The lowest BCUT2D eigenvalue weighted by molar-refractivity contribution is -0.150. The van der Waals surface area contributed by atoms with Crippen molar-refractivity contribution in [3.8, 4) is 0 Å². The number of halogens is 2. The molecule has 8 heteroatoms. The molecule has 2 fully saturated rings. The number of carbonyl (C=O) groups excluding carboxylic acids is 1. The quantitative estimate of drug-likeness (QED) is 0.832. The third kappa shape index (κ3) is 4.23. The van der Waals surface area contributed by atoms with Crippen LogP contribution in [0.15, 0.2) is 12.3 Å². The largest absolute Gasteiger partial charge is 0.365 e. The first-order valence-corrected chi connectivity index (χ1v) is 8.72. The molecule has 1 aromatic rings. The lowest BCUT2D eigenvalue weighted by Gasteiger charge is -2.38. The molecular formula is C17H24F2N4O2. The minimum atomic E-state index is -2.66. The van der Waals surface area contributed by atoms with Gasteiger partial charge in [-0.15, -0.1) is 0 Å². The molecule has 2 aliphatic heterocycles. The van der Waals surface area contributed by atoms with Crippen LogP contribution in [0.25, 0.3) is 0 Å². The average Bonchev–Trinajstić information content (AvgIpc) is 2.61. The molecule has 0 radical (unpaired) electrons. The summed E-state index contributed by atoms with van der Waals surface area (Å²) in [6, 6.07) is 1.82. The predicted octanol–water partition coefficient (Wildman–Crippen LogP) is 2.06. The zero-order valence-corrected chi connectivity index (χ0v) is 14.6. The Balaban J connectivity index is 1.65. The Kier molecular flexibility index (Phi) is 5.17. The maximum Gasteiger partial charge on any atom is 0.253 e. The highest BCUT2D eigenvalue weighted by atomic mass is 19.3. The van der Waals surface area contributed by atoms with Gasteiger partial charge in [0.15, 0.2) is 6.10 Å². The zero-order chi connectivity index (χ0) is 18.0. The number of amides is 1. The molecule has 2 aliphatic rings. The number of alkyl halides is 2. The van der Waals surface area contributed by atoms with Gasteiger partial charge < -0.3 is 14.5 Å². The average molecular weight is 354 g/mol. The topological polar surface area (TPSA) is 58.6 Å². The van der Waals surface area contributed by atoms with Crippen molar-refractivity contribution in [1.29, 1.82) is 0 Å². The molecule has 0 aliphatic carbocycles. The summed E-state index contributed by atoms with van der Waals surface area (Å²) in [7, 11) is 0. The fourth-order valence-corrected chi connectivity index (χ4v) is 3.08. The van der Waals surface area contributed by atoms with Crippen molar-refractivity contribution in [2.24, 2.45) is 0 Å². The summed E-state index contributed by atoms with van der Waals surface area (Å²) >= 11 is 0. The van der Waals surface area contributed by atoms with Crippen molar-refractivity contribution in [1.82, 2.24) is 14.9 Å². The Labute approximate surface area is 146 Å². The van der Waals surface area contributed by atoms with Gasteiger partial charge in [0.1, 0.15) is 11.6 Å². The van der Waals surface area contributed by atoms with Gasteiger partial charge in [0.25, 0.3) is 11.8 Å². The number of nitrogens with zero attached hydrogens (tertiary/aromatic N) is 4. The maximum atomic E-state index is 13.3. The van der Waals surface area contributed by atoms with E-state index in [1.807, 2.05) is 24.8 Å². The van der Waals surface area contributed by atoms with Crippen LogP contribution in [0.2, 0.25) is 0 Å². The van der Waals surface area contributed by atoms with Crippen LogP contribution >= 0.6 is 0 Å². The van der Waals surface area contributed by atoms with Crippen LogP contribution in [0, 0.1) is 0 Å². The first-order chi connectivity index (χ1) is 11.9. The van der Waals surface area contributed by atoms with Crippen LogP contribution in [-0.2, 0) is 9.53 Å². The lowest BCUT2D eigenvalue weighted by atomic mass is 10.1. The van der Waals surface area contributed by atoms with Crippen LogP contribution in [-0.4, -0.2) is 65.6 Å². The van der Waals surface area contributed by atoms with Gasteiger partial charge >= 0.3 is 0 Å². The van der Waals surface area contributed by atoms with Gasteiger partial charge in [-0.1, -0.05) is 13.8 Å². The summed E-state index contributed by atoms with van der Waals surface area (Å²) < 4.78 is 32.2. The number of piperidine rings is 1. The Bertz CT molecular complexity index is 616. The van der Waals surface area contributed by atoms with Crippen molar-refractivity contribution in [3.05, 3.63) is 18.1 Å². The molecule has 0 saturated carbocycles. The maximum absolute atomic E-state index is 13.3. The van der Waals surface area contributed by atoms with Crippen LogP contribution < -0.4 is 4.90 Å². The molecule has 2 saturated heterocycles. The van der Waals surface area contributed by atoms with Crippen molar-refractivity contribution in [2.75, 3.05) is 37.7 Å². The minimum Gasteiger partial charge on any atom is -0.365 e. The Hall–Kier alpha value is -1.83. The normalized spacial score (nSPS) is 23.8. The molecule has 1 atom stereocenters. The second-order valence-corrected chi connectivity index (χ2v) is 6.91. The zero-order valence-electron chi connectivity index (χ0n) is 14.6. The number of anilines is 1. The van der Waals surface area contributed by atoms with Crippen LogP contribution in [0.5, 0.6) is 0 Å². The lowest BCUT2D eigenvalue weighted by Crippen LogP contribution is -2.53. The third-order valence-electron chi connectivity index (χ3n) is 4.65. The number of carbonyl (C=O) groups is 1. The van der Waals surface area contributed by atoms with E-state index >= 15 is 0 Å². The van der Waals surface area contributed by atoms with Crippen molar-refractivity contribution in [2.45, 2.75) is 44.6 Å². The van der Waals surface area contributed by atoms with Gasteiger partial charge in [-0.2, -0.15) is 0 Å². The monoisotopic (exact) mass is 354 g/mol. The summed E-state index contributed by atoms with van der Waals surface area (Å²) in [5, 5.41) is 0. The molecule has 0 spiro atoms. The van der Waals surface area contributed by atoms with Gasteiger partial charge in [-0.25, -0.2) is 18.7 Å². The molecule has 3 rings (SSSR count). The molecule has 1 unspecified atom stereocenters. The summed E-state index contributed by atoms with van der Waals surface area (Å²) in [5.41, 5.74) is 0. The second-order valence-electron chi connectivity index (χ2n) is 6.91. The van der Waals surface area contributed by atoms with Gasteiger partial charge in [0, 0.05) is 44.6 Å². The first-order valence-electron chi connectivity index (χ1n) is 8.72. The van der Waals surface area contributed by atoms with E-state index in [4.69, 9.17) is 4.74 Å². The fraction of sp³-hybridized carbons (Fsp3) is 0.706. The number of morpholine rings is 1. The number of hydrogen-bond acceptors (Lipinski definition) is 5. The molecule has 1 aromatic heterocycles.